The summed E-state index contributed by atoms with van der Waals surface area (Å²) in [6.45, 7) is 1.28. The molecule has 0 aromatic heterocycles. The SMILES string of the molecule is O=C(COC(=O)c1cc([N+](=O)[O-])ccc1N1CCOCC1)Nc1ccccc1C(=O)c1ccccc1. The Morgan fingerprint density at radius 1 is 0.944 bits per heavy atom. The predicted octanol–water partition coefficient (Wildman–Crippen LogP) is 3.46. The number of hydrogen-bond donors (Lipinski definition) is 1. The molecule has 10 heteroatoms. The van der Waals surface area contributed by atoms with Crippen LogP contribution < -0.4 is 10.2 Å². The predicted molar refractivity (Wildman–Crippen MR) is 131 cm³/mol. The van der Waals surface area contributed by atoms with Crippen molar-refractivity contribution in [1.82, 2.24) is 0 Å². The molecule has 3 aromatic carbocycles. The maximum absolute atomic E-state index is 12.9. The van der Waals surface area contributed by atoms with Gasteiger partial charge in [0.1, 0.15) is 0 Å². The molecule has 184 valence electrons. The highest BCUT2D eigenvalue weighted by atomic mass is 16.6. The summed E-state index contributed by atoms with van der Waals surface area (Å²) < 4.78 is 10.5. The number of morpholine rings is 1. The van der Waals surface area contributed by atoms with E-state index in [2.05, 4.69) is 5.32 Å². The van der Waals surface area contributed by atoms with Crippen molar-refractivity contribution >= 4 is 34.7 Å². The van der Waals surface area contributed by atoms with Crippen LogP contribution in [0.2, 0.25) is 0 Å². The summed E-state index contributed by atoms with van der Waals surface area (Å²) in [6.07, 6.45) is 0. The number of para-hydroxylation sites is 1. The molecule has 0 bridgehead atoms. The monoisotopic (exact) mass is 489 g/mol. The van der Waals surface area contributed by atoms with E-state index in [1.54, 1.807) is 54.6 Å². The largest absolute Gasteiger partial charge is 0.452 e. The summed E-state index contributed by atoms with van der Waals surface area (Å²) in [5, 5.41) is 13.9. The third-order valence-corrected chi connectivity index (χ3v) is 5.58. The Bertz CT molecular complexity index is 1290. The zero-order chi connectivity index (χ0) is 25.5. The second kappa shape index (κ2) is 11.2. The fourth-order valence-corrected chi connectivity index (χ4v) is 3.81. The lowest BCUT2D eigenvalue weighted by atomic mass is 10.0. The molecule has 0 spiro atoms. The van der Waals surface area contributed by atoms with Crippen molar-refractivity contribution in [3.05, 3.63) is 99.6 Å². The molecule has 1 saturated heterocycles. The van der Waals surface area contributed by atoms with E-state index >= 15 is 0 Å². The van der Waals surface area contributed by atoms with Crippen molar-refractivity contribution in [2.24, 2.45) is 0 Å². The first kappa shape index (κ1) is 24.6. The molecule has 1 aliphatic heterocycles. The minimum absolute atomic E-state index is 0.0152. The molecule has 0 saturated carbocycles. The van der Waals surface area contributed by atoms with Crippen LogP contribution in [0.25, 0.3) is 0 Å². The number of benzene rings is 3. The Morgan fingerprint density at radius 3 is 2.36 bits per heavy atom. The van der Waals surface area contributed by atoms with E-state index < -0.39 is 23.4 Å². The lowest BCUT2D eigenvalue weighted by Crippen LogP contribution is -2.37. The van der Waals surface area contributed by atoms with Gasteiger partial charge in [-0.15, -0.1) is 0 Å². The van der Waals surface area contributed by atoms with Crippen molar-refractivity contribution in [3.63, 3.8) is 0 Å². The number of nitrogens with zero attached hydrogens (tertiary/aromatic N) is 2. The number of hydrogen-bond acceptors (Lipinski definition) is 8. The number of nitro groups is 1. The van der Waals surface area contributed by atoms with Gasteiger partial charge < -0.3 is 19.7 Å². The van der Waals surface area contributed by atoms with Gasteiger partial charge in [0, 0.05) is 36.3 Å². The van der Waals surface area contributed by atoms with Gasteiger partial charge in [-0.1, -0.05) is 42.5 Å². The van der Waals surface area contributed by atoms with Crippen molar-refractivity contribution in [1.29, 1.82) is 0 Å². The van der Waals surface area contributed by atoms with Gasteiger partial charge in [-0.25, -0.2) is 4.79 Å². The molecule has 1 aliphatic rings. The highest BCUT2D eigenvalue weighted by Gasteiger charge is 2.24. The van der Waals surface area contributed by atoms with Gasteiger partial charge in [-0.2, -0.15) is 0 Å². The number of ketones is 1. The number of non-ortho nitro benzene ring substituents is 1. The molecule has 1 N–H and O–H groups in total. The quantitative estimate of drug-likeness (QED) is 0.221. The number of amides is 1. The molecule has 4 rings (SSSR count). The Hall–Kier alpha value is -4.57. The first-order chi connectivity index (χ1) is 17.4. The minimum Gasteiger partial charge on any atom is -0.452 e. The van der Waals surface area contributed by atoms with Gasteiger partial charge in [-0.3, -0.25) is 19.7 Å². The lowest BCUT2D eigenvalue weighted by Gasteiger charge is -2.30. The summed E-state index contributed by atoms with van der Waals surface area (Å²) >= 11 is 0. The number of nitrogens with one attached hydrogen (secondary N) is 1. The summed E-state index contributed by atoms with van der Waals surface area (Å²) in [5.74, 6) is -1.80. The third kappa shape index (κ3) is 5.73. The van der Waals surface area contributed by atoms with Crippen LogP contribution in [-0.2, 0) is 14.3 Å². The van der Waals surface area contributed by atoms with E-state index in [4.69, 9.17) is 9.47 Å². The van der Waals surface area contributed by atoms with Gasteiger partial charge in [0.05, 0.1) is 35.1 Å². The van der Waals surface area contributed by atoms with Crippen molar-refractivity contribution in [2.45, 2.75) is 0 Å². The molecular formula is C26H23N3O7. The summed E-state index contributed by atoms with van der Waals surface area (Å²) in [4.78, 5) is 50.8. The van der Waals surface area contributed by atoms with Gasteiger partial charge in [-0.05, 0) is 18.2 Å². The van der Waals surface area contributed by atoms with Crippen molar-refractivity contribution in [2.75, 3.05) is 43.1 Å². The van der Waals surface area contributed by atoms with Crippen LogP contribution >= 0.6 is 0 Å². The third-order valence-electron chi connectivity index (χ3n) is 5.58. The highest BCUT2D eigenvalue weighted by molar-refractivity contribution is 6.14. The smallest absolute Gasteiger partial charge is 0.341 e. The van der Waals surface area contributed by atoms with Crippen LogP contribution in [0.15, 0.2) is 72.8 Å². The second-order valence-electron chi connectivity index (χ2n) is 7.92. The van der Waals surface area contributed by atoms with Gasteiger partial charge >= 0.3 is 5.97 Å². The van der Waals surface area contributed by atoms with Gasteiger partial charge in [0.15, 0.2) is 12.4 Å². The zero-order valence-electron chi connectivity index (χ0n) is 19.2. The maximum Gasteiger partial charge on any atom is 0.341 e. The molecule has 1 heterocycles. The molecular weight excluding hydrogens is 466 g/mol. The Kier molecular flexibility index (Phi) is 7.66. The van der Waals surface area contributed by atoms with Crippen LogP contribution in [0.1, 0.15) is 26.3 Å². The first-order valence-electron chi connectivity index (χ1n) is 11.2. The van der Waals surface area contributed by atoms with Crippen LogP contribution in [-0.4, -0.2) is 55.5 Å². The van der Waals surface area contributed by atoms with E-state index in [9.17, 15) is 24.5 Å². The minimum atomic E-state index is -0.871. The van der Waals surface area contributed by atoms with Gasteiger partial charge in [0.25, 0.3) is 11.6 Å². The highest BCUT2D eigenvalue weighted by Crippen LogP contribution is 2.27. The Labute approximate surface area is 206 Å². The van der Waals surface area contributed by atoms with Crippen LogP contribution in [0.3, 0.4) is 0 Å². The molecule has 0 aliphatic carbocycles. The number of nitro benzene ring substituents is 1. The fraction of sp³-hybridized carbons (Fsp3) is 0.192. The number of carbonyl (C=O) groups excluding carboxylic acids is 3. The number of anilines is 2. The average Bonchev–Trinajstić information content (AvgIpc) is 2.92. The lowest BCUT2D eigenvalue weighted by molar-refractivity contribution is -0.384. The molecule has 1 fully saturated rings. The van der Waals surface area contributed by atoms with Crippen LogP contribution in [0, 0.1) is 10.1 Å². The van der Waals surface area contributed by atoms with Crippen molar-refractivity contribution in [3.8, 4) is 0 Å². The maximum atomic E-state index is 12.9. The molecule has 0 radical (unpaired) electrons. The van der Waals surface area contributed by atoms with E-state index in [1.807, 2.05) is 4.90 Å². The standard InChI is InChI=1S/C26H23N3O7/c30-24(27-22-9-5-4-8-20(22)25(31)18-6-2-1-3-7-18)17-36-26(32)21-16-19(29(33)34)10-11-23(21)28-12-14-35-15-13-28/h1-11,16H,12-15,17H2,(H,27,30). The normalized spacial score (nSPS) is 13.1. The number of ether oxygens (including phenoxy) is 2. The summed E-state index contributed by atoms with van der Waals surface area (Å²) in [6, 6.07) is 19.1. The first-order valence-corrected chi connectivity index (χ1v) is 11.2. The van der Waals surface area contributed by atoms with E-state index in [0.717, 1.165) is 6.07 Å². The average molecular weight is 489 g/mol. The summed E-state index contributed by atoms with van der Waals surface area (Å²) in [5.41, 5.74) is 1.21. The molecule has 0 atom stereocenters. The second-order valence-corrected chi connectivity index (χ2v) is 7.92. The van der Waals surface area contributed by atoms with Crippen molar-refractivity contribution < 1.29 is 28.8 Å². The van der Waals surface area contributed by atoms with E-state index in [1.165, 1.54) is 12.1 Å². The number of carbonyl (C=O) groups is 3. The van der Waals surface area contributed by atoms with Gasteiger partial charge in [0.2, 0.25) is 0 Å². The molecule has 0 unspecified atom stereocenters. The Morgan fingerprint density at radius 2 is 1.64 bits per heavy atom. The zero-order valence-corrected chi connectivity index (χ0v) is 19.2. The topological polar surface area (TPSA) is 128 Å². The molecule has 36 heavy (non-hydrogen) atoms. The fourth-order valence-electron chi connectivity index (χ4n) is 3.81. The molecule has 1 amide bonds. The number of rotatable bonds is 8. The van der Waals surface area contributed by atoms with E-state index in [-0.39, 0.29) is 28.3 Å². The van der Waals surface area contributed by atoms with Crippen LogP contribution in [0.4, 0.5) is 17.1 Å². The molecule has 10 nitrogen and oxygen atoms in total. The Balaban J connectivity index is 1.47. The van der Waals surface area contributed by atoms with E-state index in [0.29, 0.717) is 37.6 Å². The number of esters is 1. The summed E-state index contributed by atoms with van der Waals surface area (Å²) in [7, 11) is 0. The molecule has 3 aromatic rings. The van der Waals surface area contributed by atoms with Crippen LogP contribution in [0.5, 0.6) is 0 Å².